The summed E-state index contributed by atoms with van der Waals surface area (Å²) in [5.41, 5.74) is 8.33. The van der Waals surface area contributed by atoms with Gasteiger partial charge >= 0.3 is 5.97 Å². The molecular formula is C16H25ClN2O2. The predicted molar refractivity (Wildman–Crippen MR) is 87.8 cm³/mol. The molecule has 0 atom stereocenters. The van der Waals surface area contributed by atoms with Gasteiger partial charge in [0.2, 0.25) is 0 Å². The molecule has 2 N–H and O–H groups in total. The van der Waals surface area contributed by atoms with Gasteiger partial charge in [0, 0.05) is 18.3 Å². The molecule has 118 valence electrons. The van der Waals surface area contributed by atoms with Crippen molar-refractivity contribution in [2.24, 2.45) is 0 Å². The molecule has 0 spiro atoms. The van der Waals surface area contributed by atoms with E-state index in [1.807, 2.05) is 6.07 Å². The van der Waals surface area contributed by atoms with Crippen molar-refractivity contribution >= 4 is 24.1 Å². The number of halogens is 1. The van der Waals surface area contributed by atoms with Crippen molar-refractivity contribution in [1.82, 2.24) is 4.90 Å². The fraction of sp³-hybridized carbons (Fsp3) is 0.562. The smallest absolute Gasteiger partial charge is 0.337 e. The summed E-state index contributed by atoms with van der Waals surface area (Å²) in [7, 11) is 3.53. The first kappa shape index (κ1) is 17.8. The summed E-state index contributed by atoms with van der Waals surface area (Å²) in [6, 6.07) is 5.98. The van der Waals surface area contributed by atoms with Crippen LogP contribution in [0.4, 0.5) is 5.69 Å². The largest absolute Gasteiger partial charge is 0.465 e. The van der Waals surface area contributed by atoms with Gasteiger partial charge in [0.15, 0.2) is 0 Å². The first-order valence-electron chi connectivity index (χ1n) is 7.28. The van der Waals surface area contributed by atoms with Crippen LogP contribution in [0.2, 0.25) is 0 Å². The molecule has 0 radical (unpaired) electrons. The zero-order valence-corrected chi connectivity index (χ0v) is 13.6. The second kappa shape index (κ2) is 8.25. The molecule has 1 aliphatic rings. The lowest BCUT2D eigenvalue weighted by Gasteiger charge is -2.31. The Morgan fingerprint density at radius 2 is 2.00 bits per heavy atom. The zero-order valence-electron chi connectivity index (χ0n) is 12.8. The molecule has 2 rings (SSSR count). The Hall–Kier alpha value is -1.26. The number of hydrogen-bond donors (Lipinski definition) is 1. The quantitative estimate of drug-likeness (QED) is 0.685. The maximum Gasteiger partial charge on any atom is 0.337 e. The van der Waals surface area contributed by atoms with Crippen molar-refractivity contribution in [1.29, 1.82) is 0 Å². The van der Waals surface area contributed by atoms with Crippen molar-refractivity contribution in [3.63, 3.8) is 0 Å². The van der Waals surface area contributed by atoms with Gasteiger partial charge in [0.25, 0.3) is 0 Å². The van der Waals surface area contributed by atoms with Crippen LogP contribution in [0.15, 0.2) is 18.2 Å². The minimum Gasteiger partial charge on any atom is -0.465 e. The van der Waals surface area contributed by atoms with Crippen LogP contribution in [0, 0.1) is 0 Å². The molecule has 0 aliphatic heterocycles. The highest BCUT2D eigenvalue weighted by Gasteiger charge is 2.19. The number of hydrogen-bond acceptors (Lipinski definition) is 4. The van der Waals surface area contributed by atoms with Gasteiger partial charge in [-0.15, -0.1) is 12.4 Å². The molecule has 0 saturated heterocycles. The standard InChI is InChI=1S/C16H24N2O2.ClH/c1-18(14-6-4-3-5-7-14)11-13-10-12(16(19)20-2)8-9-15(13)17;/h8-10,14H,3-7,11,17H2,1-2H3;1H. The molecule has 0 aromatic heterocycles. The Labute approximate surface area is 133 Å². The lowest BCUT2D eigenvalue weighted by molar-refractivity contribution is 0.0600. The molecule has 5 heteroatoms. The Morgan fingerprint density at radius 1 is 1.33 bits per heavy atom. The van der Waals surface area contributed by atoms with E-state index in [-0.39, 0.29) is 18.4 Å². The Morgan fingerprint density at radius 3 is 2.62 bits per heavy atom. The number of methoxy groups -OCH3 is 1. The molecule has 0 unspecified atom stereocenters. The number of anilines is 1. The van der Waals surface area contributed by atoms with Crippen LogP contribution >= 0.6 is 12.4 Å². The SMILES string of the molecule is COC(=O)c1ccc(N)c(CN(C)C2CCCCC2)c1.Cl. The number of rotatable bonds is 4. The van der Waals surface area contributed by atoms with Crippen LogP contribution < -0.4 is 5.73 Å². The fourth-order valence-corrected chi connectivity index (χ4v) is 2.91. The second-order valence-corrected chi connectivity index (χ2v) is 5.61. The molecule has 0 amide bonds. The first-order valence-corrected chi connectivity index (χ1v) is 7.28. The van der Waals surface area contributed by atoms with E-state index in [1.54, 1.807) is 12.1 Å². The van der Waals surface area contributed by atoms with Gasteiger partial charge in [0.1, 0.15) is 0 Å². The van der Waals surface area contributed by atoms with E-state index in [4.69, 9.17) is 10.5 Å². The summed E-state index contributed by atoms with van der Waals surface area (Å²) in [6.45, 7) is 0.779. The summed E-state index contributed by atoms with van der Waals surface area (Å²) < 4.78 is 4.76. The highest BCUT2D eigenvalue weighted by molar-refractivity contribution is 5.90. The third kappa shape index (κ3) is 4.61. The average Bonchev–Trinajstić information content (AvgIpc) is 2.49. The van der Waals surface area contributed by atoms with Crippen LogP contribution in [0.1, 0.15) is 48.0 Å². The van der Waals surface area contributed by atoms with Gasteiger partial charge in [-0.25, -0.2) is 4.79 Å². The van der Waals surface area contributed by atoms with Gasteiger partial charge in [-0.3, -0.25) is 4.90 Å². The van der Waals surface area contributed by atoms with E-state index in [0.717, 1.165) is 17.8 Å². The number of carbonyl (C=O) groups excluding carboxylic acids is 1. The molecule has 0 bridgehead atoms. The minimum absolute atomic E-state index is 0. The third-order valence-electron chi connectivity index (χ3n) is 4.18. The maximum absolute atomic E-state index is 11.6. The van der Waals surface area contributed by atoms with Crippen LogP contribution in [0.5, 0.6) is 0 Å². The Balaban J connectivity index is 0.00000220. The van der Waals surface area contributed by atoms with E-state index in [0.29, 0.717) is 11.6 Å². The van der Waals surface area contributed by atoms with Crippen LogP contribution in [-0.2, 0) is 11.3 Å². The Kier molecular flexibility index (Phi) is 6.99. The molecule has 1 fully saturated rings. The van der Waals surface area contributed by atoms with Crippen LogP contribution in [0.25, 0.3) is 0 Å². The van der Waals surface area contributed by atoms with Crippen molar-refractivity contribution in [2.45, 2.75) is 44.7 Å². The molecule has 0 heterocycles. The van der Waals surface area contributed by atoms with Crippen LogP contribution in [0.3, 0.4) is 0 Å². The summed E-state index contributed by atoms with van der Waals surface area (Å²) in [5.74, 6) is -0.313. The first-order chi connectivity index (χ1) is 9.61. The molecule has 1 aliphatic carbocycles. The normalized spacial score (nSPS) is 15.6. The second-order valence-electron chi connectivity index (χ2n) is 5.61. The van der Waals surface area contributed by atoms with E-state index in [2.05, 4.69) is 11.9 Å². The van der Waals surface area contributed by atoms with Crippen LogP contribution in [-0.4, -0.2) is 31.1 Å². The third-order valence-corrected chi connectivity index (χ3v) is 4.18. The van der Waals surface area contributed by atoms with Crippen molar-refractivity contribution < 1.29 is 9.53 Å². The van der Waals surface area contributed by atoms with Crippen molar-refractivity contribution in [3.05, 3.63) is 29.3 Å². The molecular weight excluding hydrogens is 288 g/mol. The lowest BCUT2D eigenvalue weighted by atomic mass is 9.94. The van der Waals surface area contributed by atoms with E-state index >= 15 is 0 Å². The average molecular weight is 313 g/mol. The summed E-state index contributed by atoms with van der Waals surface area (Å²) in [6.07, 6.45) is 6.49. The lowest BCUT2D eigenvalue weighted by Crippen LogP contribution is -2.33. The summed E-state index contributed by atoms with van der Waals surface area (Å²) in [5, 5.41) is 0. The number of nitrogen functional groups attached to an aromatic ring is 1. The van der Waals surface area contributed by atoms with Gasteiger partial charge < -0.3 is 10.5 Å². The molecule has 1 aromatic carbocycles. The minimum atomic E-state index is -0.313. The highest BCUT2D eigenvalue weighted by atomic mass is 35.5. The fourth-order valence-electron chi connectivity index (χ4n) is 2.91. The van der Waals surface area contributed by atoms with Gasteiger partial charge in [-0.2, -0.15) is 0 Å². The number of nitrogens with two attached hydrogens (primary N) is 1. The molecule has 4 nitrogen and oxygen atoms in total. The predicted octanol–water partition coefficient (Wildman–Crippen LogP) is 3.24. The van der Waals surface area contributed by atoms with E-state index < -0.39 is 0 Å². The van der Waals surface area contributed by atoms with Crippen molar-refractivity contribution in [2.75, 3.05) is 19.9 Å². The topological polar surface area (TPSA) is 55.6 Å². The molecule has 1 aromatic rings. The number of carbonyl (C=O) groups is 1. The molecule has 1 saturated carbocycles. The van der Waals surface area contributed by atoms with E-state index in [1.165, 1.54) is 39.2 Å². The number of nitrogens with zero attached hydrogens (tertiary/aromatic N) is 1. The maximum atomic E-state index is 11.6. The van der Waals surface area contributed by atoms with Crippen molar-refractivity contribution in [3.8, 4) is 0 Å². The van der Waals surface area contributed by atoms with Gasteiger partial charge in [-0.1, -0.05) is 19.3 Å². The number of esters is 1. The monoisotopic (exact) mass is 312 g/mol. The van der Waals surface area contributed by atoms with E-state index in [9.17, 15) is 4.79 Å². The zero-order chi connectivity index (χ0) is 14.5. The highest BCUT2D eigenvalue weighted by Crippen LogP contribution is 2.24. The van der Waals surface area contributed by atoms with Gasteiger partial charge in [-0.05, 0) is 43.7 Å². The molecule has 21 heavy (non-hydrogen) atoms. The van der Waals surface area contributed by atoms with Gasteiger partial charge in [0.05, 0.1) is 12.7 Å². The summed E-state index contributed by atoms with van der Waals surface area (Å²) in [4.78, 5) is 13.9. The Bertz CT molecular complexity index is 473. The number of benzene rings is 1. The number of ether oxygens (including phenoxy) is 1. The summed E-state index contributed by atoms with van der Waals surface area (Å²) >= 11 is 0.